The van der Waals surface area contributed by atoms with Crippen molar-refractivity contribution in [1.29, 1.82) is 0 Å². The normalized spacial score (nSPS) is 11.9. The van der Waals surface area contributed by atoms with Crippen molar-refractivity contribution < 1.29 is 4.39 Å². The number of thiocarbonyl (C=S) groups is 1. The fourth-order valence-electron chi connectivity index (χ4n) is 2.05. The summed E-state index contributed by atoms with van der Waals surface area (Å²) in [5.41, 5.74) is 6.64. The molecule has 0 radical (unpaired) electrons. The molecule has 0 spiro atoms. The highest BCUT2D eigenvalue weighted by molar-refractivity contribution is 7.80. The summed E-state index contributed by atoms with van der Waals surface area (Å²) in [6, 6.07) is 5.18. The third kappa shape index (κ3) is 4.35. The number of halogens is 1. The van der Waals surface area contributed by atoms with Crippen molar-refractivity contribution in [2.75, 3.05) is 13.6 Å². The van der Waals surface area contributed by atoms with E-state index in [9.17, 15) is 4.39 Å². The van der Waals surface area contributed by atoms with Gasteiger partial charge in [0.25, 0.3) is 0 Å². The fourth-order valence-corrected chi connectivity index (χ4v) is 2.21. The van der Waals surface area contributed by atoms with Crippen LogP contribution in [0, 0.1) is 11.2 Å². The minimum absolute atomic E-state index is 0.104. The molecule has 0 amide bonds. The van der Waals surface area contributed by atoms with Crippen LogP contribution in [-0.4, -0.2) is 23.5 Å². The van der Waals surface area contributed by atoms with Gasteiger partial charge in [0.15, 0.2) is 0 Å². The van der Waals surface area contributed by atoms with Gasteiger partial charge < -0.3 is 10.6 Å². The Balaban J connectivity index is 2.85. The smallest absolute Gasteiger partial charge is 0.137 e. The average molecular weight is 268 g/mol. The van der Waals surface area contributed by atoms with E-state index >= 15 is 0 Å². The zero-order chi connectivity index (χ0) is 13.9. The molecule has 2 N–H and O–H groups in total. The van der Waals surface area contributed by atoms with Crippen LogP contribution >= 0.6 is 12.2 Å². The summed E-state index contributed by atoms with van der Waals surface area (Å²) in [6.07, 6.45) is 0. The second-order valence-corrected chi connectivity index (χ2v) is 6.32. The number of benzene rings is 1. The Hall–Kier alpha value is -1.00. The first-order valence-electron chi connectivity index (χ1n) is 5.96. The van der Waals surface area contributed by atoms with Crippen molar-refractivity contribution in [3.8, 4) is 0 Å². The van der Waals surface area contributed by atoms with E-state index in [1.807, 2.05) is 7.05 Å². The van der Waals surface area contributed by atoms with E-state index in [4.69, 9.17) is 18.0 Å². The Bertz CT molecular complexity index is 438. The van der Waals surface area contributed by atoms with Crippen LogP contribution in [-0.2, 0) is 6.54 Å². The van der Waals surface area contributed by atoms with Gasteiger partial charge in [-0.1, -0.05) is 45.1 Å². The maximum absolute atomic E-state index is 14.1. The average Bonchev–Trinajstić information content (AvgIpc) is 2.17. The minimum atomic E-state index is -0.300. The van der Waals surface area contributed by atoms with Gasteiger partial charge in [-0.05, 0) is 18.5 Å². The van der Waals surface area contributed by atoms with Gasteiger partial charge in [0.05, 0.1) is 0 Å². The molecular formula is C14H21FN2S. The zero-order valence-corrected chi connectivity index (χ0v) is 12.3. The van der Waals surface area contributed by atoms with Crippen molar-refractivity contribution in [3.05, 3.63) is 35.1 Å². The Labute approximate surface area is 114 Å². The quantitative estimate of drug-likeness (QED) is 0.851. The second kappa shape index (κ2) is 5.76. The molecule has 0 aliphatic rings. The van der Waals surface area contributed by atoms with E-state index in [-0.39, 0.29) is 16.2 Å². The molecule has 0 unspecified atom stereocenters. The molecule has 4 heteroatoms. The van der Waals surface area contributed by atoms with E-state index in [2.05, 4.69) is 25.7 Å². The monoisotopic (exact) mass is 268 g/mol. The SMILES string of the molecule is CN(Cc1cccc(C(N)=S)c1F)CC(C)(C)C. The van der Waals surface area contributed by atoms with Gasteiger partial charge in [-0.15, -0.1) is 0 Å². The summed E-state index contributed by atoms with van der Waals surface area (Å²) < 4.78 is 14.1. The molecule has 0 heterocycles. The van der Waals surface area contributed by atoms with Gasteiger partial charge in [-0.25, -0.2) is 4.39 Å². The van der Waals surface area contributed by atoms with Crippen LogP contribution in [0.4, 0.5) is 4.39 Å². The van der Waals surface area contributed by atoms with E-state index in [0.29, 0.717) is 17.7 Å². The van der Waals surface area contributed by atoms with Crippen LogP contribution in [0.5, 0.6) is 0 Å². The molecular weight excluding hydrogens is 247 g/mol. The minimum Gasteiger partial charge on any atom is -0.389 e. The van der Waals surface area contributed by atoms with Crippen molar-refractivity contribution in [1.82, 2.24) is 4.90 Å². The molecule has 1 rings (SSSR count). The molecule has 100 valence electrons. The number of rotatable bonds is 4. The largest absolute Gasteiger partial charge is 0.389 e. The fraction of sp³-hybridized carbons (Fsp3) is 0.500. The van der Waals surface area contributed by atoms with E-state index in [1.165, 1.54) is 0 Å². The van der Waals surface area contributed by atoms with Gasteiger partial charge in [-0.2, -0.15) is 0 Å². The first-order valence-corrected chi connectivity index (χ1v) is 6.37. The molecule has 0 fully saturated rings. The van der Waals surface area contributed by atoms with Gasteiger partial charge in [0, 0.05) is 24.2 Å². The molecule has 0 saturated carbocycles. The maximum Gasteiger partial charge on any atom is 0.137 e. The third-order valence-corrected chi connectivity index (χ3v) is 2.75. The van der Waals surface area contributed by atoms with Crippen molar-refractivity contribution >= 4 is 17.2 Å². The standard InChI is InChI=1S/C14H21FN2S/c1-14(2,3)9-17(4)8-10-6-5-7-11(12(10)15)13(16)18/h5-7H,8-9H2,1-4H3,(H2,16,18). The number of nitrogens with two attached hydrogens (primary N) is 1. The van der Waals surface area contributed by atoms with Crippen LogP contribution < -0.4 is 5.73 Å². The van der Waals surface area contributed by atoms with Crippen molar-refractivity contribution in [2.24, 2.45) is 11.1 Å². The van der Waals surface area contributed by atoms with Crippen LogP contribution in [0.3, 0.4) is 0 Å². The molecule has 0 bridgehead atoms. The summed E-state index contributed by atoms with van der Waals surface area (Å²) >= 11 is 4.83. The van der Waals surface area contributed by atoms with Crippen LogP contribution in [0.1, 0.15) is 31.9 Å². The van der Waals surface area contributed by atoms with Gasteiger partial charge in [0.2, 0.25) is 0 Å². The molecule has 0 atom stereocenters. The van der Waals surface area contributed by atoms with Crippen LogP contribution in [0.25, 0.3) is 0 Å². The Morgan fingerprint density at radius 1 is 1.39 bits per heavy atom. The molecule has 0 aromatic heterocycles. The lowest BCUT2D eigenvalue weighted by Crippen LogP contribution is -2.29. The lowest BCUT2D eigenvalue weighted by Gasteiger charge is -2.26. The van der Waals surface area contributed by atoms with Gasteiger partial charge in [0.1, 0.15) is 10.8 Å². The van der Waals surface area contributed by atoms with Crippen molar-refractivity contribution in [3.63, 3.8) is 0 Å². The number of hydrogen-bond donors (Lipinski definition) is 1. The Morgan fingerprint density at radius 2 is 2.00 bits per heavy atom. The predicted molar refractivity (Wildman–Crippen MR) is 78.1 cm³/mol. The summed E-state index contributed by atoms with van der Waals surface area (Å²) in [7, 11) is 1.98. The van der Waals surface area contributed by atoms with Gasteiger partial charge in [-0.3, -0.25) is 0 Å². The molecule has 0 aliphatic heterocycles. The summed E-state index contributed by atoms with van der Waals surface area (Å²) in [5, 5.41) is 0. The topological polar surface area (TPSA) is 29.3 Å². The van der Waals surface area contributed by atoms with Crippen molar-refractivity contribution in [2.45, 2.75) is 27.3 Å². The molecule has 0 aliphatic carbocycles. The van der Waals surface area contributed by atoms with E-state index in [1.54, 1.807) is 18.2 Å². The molecule has 18 heavy (non-hydrogen) atoms. The highest BCUT2D eigenvalue weighted by atomic mass is 32.1. The third-order valence-electron chi connectivity index (χ3n) is 2.53. The van der Waals surface area contributed by atoms with E-state index < -0.39 is 0 Å². The van der Waals surface area contributed by atoms with Crippen LogP contribution in [0.2, 0.25) is 0 Å². The summed E-state index contributed by atoms with van der Waals surface area (Å²) in [5.74, 6) is -0.300. The molecule has 0 saturated heterocycles. The summed E-state index contributed by atoms with van der Waals surface area (Å²) in [6.45, 7) is 7.92. The Kier molecular flexibility index (Phi) is 4.82. The lowest BCUT2D eigenvalue weighted by atomic mass is 9.96. The lowest BCUT2D eigenvalue weighted by molar-refractivity contribution is 0.218. The highest BCUT2D eigenvalue weighted by Crippen LogP contribution is 2.18. The Morgan fingerprint density at radius 3 is 2.50 bits per heavy atom. The zero-order valence-electron chi connectivity index (χ0n) is 11.5. The second-order valence-electron chi connectivity index (χ2n) is 5.88. The van der Waals surface area contributed by atoms with Gasteiger partial charge >= 0.3 is 0 Å². The van der Waals surface area contributed by atoms with E-state index in [0.717, 1.165) is 6.54 Å². The number of nitrogens with zero attached hydrogens (tertiary/aromatic N) is 1. The molecule has 1 aromatic rings. The highest BCUT2D eigenvalue weighted by Gasteiger charge is 2.16. The predicted octanol–water partition coefficient (Wildman–Crippen LogP) is 2.94. The first-order chi connectivity index (χ1) is 8.20. The van der Waals surface area contributed by atoms with Crippen LogP contribution in [0.15, 0.2) is 18.2 Å². The first kappa shape index (κ1) is 15.1. The maximum atomic E-state index is 14.1. The number of hydrogen-bond acceptors (Lipinski definition) is 2. The molecule has 2 nitrogen and oxygen atoms in total. The summed E-state index contributed by atoms with van der Waals surface area (Å²) in [4.78, 5) is 2.20. The molecule has 1 aromatic carbocycles.